The number of nitrogens with zero attached hydrogens (tertiary/aromatic N) is 6. The van der Waals surface area contributed by atoms with Gasteiger partial charge in [-0.05, 0) is 27.8 Å². The maximum atomic E-state index is 5.38. The molecule has 0 saturated carbocycles. The molecular weight excluding hydrogens is 280 g/mol. The van der Waals surface area contributed by atoms with Crippen molar-refractivity contribution in [2.45, 2.75) is 33.4 Å². The summed E-state index contributed by atoms with van der Waals surface area (Å²) in [6.45, 7) is 9.91. The highest BCUT2D eigenvalue weighted by atomic mass is 16.5. The van der Waals surface area contributed by atoms with Crippen LogP contribution in [-0.4, -0.2) is 56.4 Å². The number of aromatic nitrogens is 4. The molecule has 120 valence electrons. The van der Waals surface area contributed by atoms with Gasteiger partial charge in [-0.1, -0.05) is 5.16 Å². The van der Waals surface area contributed by atoms with Gasteiger partial charge in [0.2, 0.25) is 5.89 Å². The third-order valence-corrected chi connectivity index (χ3v) is 4.60. The molecule has 0 N–H and O–H groups in total. The van der Waals surface area contributed by atoms with Gasteiger partial charge in [-0.2, -0.15) is 10.1 Å². The minimum absolute atomic E-state index is 0.159. The maximum Gasteiger partial charge on any atom is 0.245 e. The Kier molecular flexibility index (Phi) is 4.01. The van der Waals surface area contributed by atoms with E-state index in [9.17, 15) is 0 Å². The van der Waals surface area contributed by atoms with Crippen LogP contribution in [0.4, 0.5) is 0 Å². The molecule has 0 aromatic carbocycles. The molecule has 0 spiro atoms. The minimum atomic E-state index is 0.159. The molecule has 7 nitrogen and oxygen atoms in total. The van der Waals surface area contributed by atoms with Crippen LogP contribution in [0, 0.1) is 20.8 Å². The van der Waals surface area contributed by atoms with Crippen LogP contribution >= 0.6 is 0 Å². The topological polar surface area (TPSA) is 63.2 Å². The van der Waals surface area contributed by atoms with E-state index in [0.717, 1.165) is 31.9 Å². The number of aryl methyl sites for hydroxylation is 3. The fourth-order valence-corrected chi connectivity index (χ4v) is 3.06. The zero-order valence-electron chi connectivity index (χ0n) is 14.0. The van der Waals surface area contributed by atoms with Crippen LogP contribution in [0.5, 0.6) is 0 Å². The lowest BCUT2D eigenvalue weighted by atomic mass is 10.1. The van der Waals surface area contributed by atoms with E-state index >= 15 is 0 Å². The lowest BCUT2D eigenvalue weighted by Gasteiger charge is -2.37. The molecule has 3 heterocycles. The van der Waals surface area contributed by atoms with E-state index in [1.807, 2.05) is 18.7 Å². The molecular formula is C15H24N6O. The number of hydrogen-bond acceptors (Lipinski definition) is 6. The van der Waals surface area contributed by atoms with Gasteiger partial charge < -0.3 is 4.52 Å². The summed E-state index contributed by atoms with van der Waals surface area (Å²) in [4.78, 5) is 9.13. The van der Waals surface area contributed by atoms with E-state index in [4.69, 9.17) is 4.52 Å². The van der Waals surface area contributed by atoms with E-state index in [-0.39, 0.29) is 6.04 Å². The van der Waals surface area contributed by atoms with Gasteiger partial charge in [-0.15, -0.1) is 0 Å². The highest BCUT2D eigenvalue weighted by molar-refractivity contribution is 5.24. The molecule has 1 aliphatic heterocycles. The number of rotatable bonds is 3. The fourth-order valence-electron chi connectivity index (χ4n) is 3.06. The highest BCUT2D eigenvalue weighted by Gasteiger charge is 2.30. The summed E-state index contributed by atoms with van der Waals surface area (Å²) >= 11 is 0. The molecule has 1 atom stereocenters. The van der Waals surface area contributed by atoms with Gasteiger partial charge in [0, 0.05) is 44.5 Å². The summed E-state index contributed by atoms with van der Waals surface area (Å²) in [5, 5.41) is 8.43. The zero-order valence-corrected chi connectivity index (χ0v) is 14.0. The van der Waals surface area contributed by atoms with Crippen LogP contribution in [0.25, 0.3) is 0 Å². The van der Waals surface area contributed by atoms with Gasteiger partial charge in [0.25, 0.3) is 0 Å². The minimum Gasteiger partial charge on any atom is -0.338 e. The molecule has 0 unspecified atom stereocenters. The van der Waals surface area contributed by atoms with Gasteiger partial charge in [0.05, 0.1) is 5.69 Å². The molecule has 22 heavy (non-hydrogen) atoms. The SMILES string of the molecule is Cc1noc([C@@H]2CN(Cc3c(C)nn(C)c3C)CCN2C)n1. The average Bonchev–Trinajstić information content (AvgIpc) is 3.00. The molecule has 2 aromatic heterocycles. The van der Waals surface area contributed by atoms with Crippen molar-refractivity contribution in [1.29, 1.82) is 0 Å². The van der Waals surface area contributed by atoms with Crippen molar-refractivity contribution in [3.05, 3.63) is 28.7 Å². The molecule has 3 rings (SSSR count). The summed E-state index contributed by atoms with van der Waals surface area (Å²) < 4.78 is 7.34. The first-order chi connectivity index (χ1) is 10.5. The zero-order chi connectivity index (χ0) is 15.9. The van der Waals surface area contributed by atoms with Crippen molar-refractivity contribution >= 4 is 0 Å². The Morgan fingerprint density at radius 1 is 1.18 bits per heavy atom. The average molecular weight is 304 g/mol. The smallest absolute Gasteiger partial charge is 0.245 e. The fraction of sp³-hybridized carbons (Fsp3) is 0.667. The molecule has 2 aromatic rings. The Morgan fingerprint density at radius 3 is 2.55 bits per heavy atom. The molecule has 7 heteroatoms. The van der Waals surface area contributed by atoms with Crippen molar-refractivity contribution in [3.8, 4) is 0 Å². The molecule has 1 fully saturated rings. The lowest BCUT2D eigenvalue weighted by molar-refractivity contribution is 0.0712. The third kappa shape index (κ3) is 2.78. The highest BCUT2D eigenvalue weighted by Crippen LogP contribution is 2.25. The van der Waals surface area contributed by atoms with Crippen LogP contribution in [0.1, 0.15) is 34.7 Å². The van der Waals surface area contributed by atoms with E-state index < -0.39 is 0 Å². The Morgan fingerprint density at radius 2 is 1.95 bits per heavy atom. The Labute approximate surface area is 130 Å². The van der Waals surface area contributed by atoms with Gasteiger partial charge in [0.1, 0.15) is 6.04 Å². The van der Waals surface area contributed by atoms with Crippen molar-refractivity contribution < 1.29 is 4.52 Å². The maximum absolute atomic E-state index is 5.38. The standard InChI is InChI=1S/C15H24N6O/c1-10-13(11(2)20(5)17-10)8-21-7-6-19(4)14(9-21)15-16-12(3)18-22-15/h14H,6-9H2,1-5H3/t14-/m0/s1. The summed E-state index contributed by atoms with van der Waals surface area (Å²) in [6.07, 6.45) is 0. The van der Waals surface area contributed by atoms with Crippen LogP contribution in [-0.2, 0) is 13.6 Å². The number of hydrogen-bond donors (Lipinski definition) is 0. The first kappa shape index (κ1) is 15.2. The van der Waals surface area contributed by atoms with E-state index in [1.54, 1.807) is 0 Å². The summed E-state index contributed by atoms with van der Waals surface area (Å²) in [5.41, 5.74) is 3.68. The Hall–Kier alpha value is -1.73. The van der Waals surface area contributed by atoms with Crippen LogP contribution < -0.4 is 0 Å². The molecule has 1 aliphatic rings. The lowest BCUT2D eigenvalue weighted by Crippen LogP contribution is -2.46. The van der Waals surface area contributed by atoms with E-state index in [0.29, 0.717) is 11.7 Å². The normalized spacial score (nSPS) is 20.7. The number of piperazine rings is 1. The second-order valence-electron chi connectivity index (χ2n) is 6.18. The third-order valence-electron chi connectivity index (χ3n) is 4.60. The molecule has 0 bridgehead atoms. The van der Waals surface area contributed by atoms with Crippen LogP contribution in [0.15, 0.2) is 4.52 Å². The quantitative estimate of drug-likeness (QED) is 0.849. The van der Waals surface area contributed by atoms with Crippen molar-refractivity contribution in [2.75, 3.05) is 26.7 Å². The van der Waals surface area contributed by atoms with Gasteiger partial charge in [-0.3, -0.25) is 14.5 Å². The summed E-state index contributed by atoms with van der Waals surface area (Å²) in [5.74, 6) is 1.41. The molecule has 1 saturated heterocycles. The van der Waals surface area contributed by atoms with Crippen molar-refractivity contribution in [2.24, 2.45) is 7.05 Å². The van der Waals surface area contributed by atoms with Crippen molar-refractivity contribution in [1.82, 2.24) is 29.7 Å². The van der Waals surface area contributed by atoms with Gasteiger partial charge >= 0.3 is 0 Å². The largest absolute Gasteiger partial charge is 0.338 e. The Bertz CT molecular complexity index is 661. The monoisotopic (exact) mass is 304 g/mol. The van der Waals surface area contributed by atoms with Crippen LogP contribution in [0.2, 0.25) is 0 Å². The van der Waals surface area contributed by atoms with Gasteiger partial charge in [0.15, 0.2) is 5.82 Å². The second-order valence-corrected chi connectivity index (χ2v) is 6.18. The molecule has 0 radical (unpaired) electrons. The van der Waals surface area contributed by atoms with Gasteiger partial charge in [-0.25, -0.2) is 0 Å². The van der Waals surface area contributed by atoms with Crippen molar-refractivity contribution in [3.63, 3.8) is 0 Å². The van der Waals surface area contributed by atoms with E-state index in [1.165, 1.54) is 11.3 Å². The predicted molar refractivity (Wildman–Crippen MR) is 82.4 cm³/mol. The molecule has 0 amide bonds. The van der Waals surface area contributed by atoms with E-state index in [2.05, 4.69) is 45.9 Å². The molecule has 0 aliphatic carbocycles. The number of likely N-dealkylation sites (N-methyl/N-ethyl adjacent to an activating group) is 1. The Balaban J connectivity index is 1.75. The predicted octanol–water partition coefficient (Wildman–Crippen LogP) is 1.22. The first-order valence-corrected chi connectivity index (χ1v) is 7.67. The summed E-state index contributed by atoms with van der Waals surface area (Å²) in [6, 6.07) is 0.159. The second kappa shape index (κ2) is 5.81. The summed E-state index contributed by atoms with van der Waals surface area (Å²) in [7, 11) is 4.11. The van der Waals surface area contributed by atoms with Crippen LogP contribution in [0.3, 0.4) is 0 Å². The first-order valence-electron chi connectivity index (χ1n) is 7.67.